The Kier molecular flexibility index (Phi) is 8.06. The first-order valence-electron chi connectivity index (χ1n) is 11.8. The molecule has 188 valence electrons. The average molecular weight is 520 g/mol. The number of aliphatic hydroxyl groups is 1. The third-order valence-electron chi connectivity index (χ3n) is 6.76. The molecule has 10 heteroatoms. The summed E-state index contributed by atoms with van der Waals surface area (Å²) >= 11 is 12.4. The van der Waals surface area contributed by atoms with Crippen LogP contribution in [-0.2, 0) is 4.79 Å². The monoisotopic (exact) mass is 519 g/mol. The number of hydrogen-bond donors (Lipinski definition) is 4. The van der Waals surface area contributed by atoms with Crippen molar-refractivity contribution >= 4 is 46.4 Å². The van der Waals surface area contributed by atoms with E-state index in [0.29, 0.717) is 40.9 Å². The fourth-order valence-corrected chi connectivity index (χ4v) is 5.45. The quantitative estimate of drug-likeness (QED) is 0.447. The molecule has 2 aliphatic heterocycles. The molecule has 3 atom stereocenters. The van der Waals surface area contributed by atoms with Gasteiger partial charge in [-0.1, -0.05) is 29.3 Å². The van der Waals surface area contributed by atoms with E-state index in [1.165, 1.54) is 0 Å². The second-order valence-corrected chi connectivity index (χ2v) is 9.93. The van der Waals surface area contributed by atoms with Crippen LogP contribution < -0.4 is 21.3 Å². The van der Waals surface area contributed by atoms with Crippen LogP contribution in [0.1, 0.15) is 41.7 Å². The molecular formula is C25H31Cl2N5O3. The Balaban J connectivity index is 1.55. The van der Waals surface area contributed by atoms with Crippen LogP contribution in [0.5, 0.6) is 0 Å². The summed E-state index contributed by atoms with van der Waals surface area (Å²) in [5.41, 5.74) is 8.23. The molecule has 2 saturated heterocycles. The number of nitrogens with two attached hydrogens (primary N) is 1. The zero-order valence-electron chi connectivity index (χ0n) is 19.6. The molecule has 35 heavy (non-hydrogen) atoms. The Morgan fingerprint density at radius 1 is 1.23 bits per heavy atom. The highest BCUT2D eigenvalue weighted by Gasteiger charge is 2.33. The molecule has 5 N–H and O–H groups in total. The first-order valence-corrected chi connectivity index (χ1v) is 12.6. The number of hydrogen-bond acceptors (Lipinski definition) is 6. The van der Waals surface area contributed by atoms with Crippen molar-refractivity contribution in [1.29, 1.82) is 0 Å². The molecule has 0 bridgehead atoms. The van der Waals surface area contributed by atoms with Crippen LogP contribution in [0, 0.1) is 0 Å². The van der Waals surface area contributed by atoms with Crippen molar-refractivity contribution in [3.05, 3.63) is 57.6 Å². The molecule has 0 saturated carbocycles. The van der Waals surface area contributed by atoms with Crippen LogP contribution >= 0.6 is 23.2 Å². The number of carbonyl (C=O) groups is 2. The van der Waals surface area contributed by atoms with Gasteiger partial charge in [-0.15, -0.1) is 0 Å². The van der Waals surface area contributed by atoms with Gasteiger partial charge in [0.25, 0.3) is 5.91 Å². The minimum absolute atomic E-state index is 0.0979. The van der Waals surface area contributed by atoms with E-state index in [1.54, 1.807) is 18.2 Å². The van der Waals surface area contributed by atoms with Crippen molar-refractivity contribution in [2.45, 2.75) is 37.9 Å². The van der Waals surface area contributed by atoms with E-state index in [1.807, 2.05) is 30.0 Å². The molecule has 0 radical (unpaired) electrons. The van der Waals surface area contributed by atoms with E-state index in [-0.39, 0.29) is 30.6 Å². The fraction of sp³-hybridized carbons (Fsp3) is 0.440. The molecule has 2 amide bonds. The molecule has 2 aromatic carbocycles. The standard InChI is InChI=1S/C25H31Cl2N5O3/c1-15(19-6-4-16(26)11-21(19)27)30-23-12-17(5-7-20(23)24(28)34)32-10-9-31(13-18(32)14-33)25(35)22-3-2-8-29-22/h4-7,11-12,15,18,22,29-30,33H,2-3,8-10,13-14H2,1H3,(H2,28,34)/t15?,18-,22?/m1/s1. The summed E-state index contributed by atoms with van der Waals surface area (Å²) in [6.07, 6.45) is 1.85. The Bertz CT molecular complexity index is 1090. The number of rotatable bonds is 7. The van der Waals surface area contributed by atoms with Gasteiger partial charge < -0.3 is 31.3 Å². The van der Waals surface area contributed by atoms with E-state index in [4.69, 9.17) is 28.9 Å². The van der Waals surface area contributed by atoms with Gasteiger partial charge in [0.1, 0.15) is 0 Å². The maximum Gasteiger partial charge on any atom is 0.250 e. The predicted octanol–water partition coefficient (Wildman–Crippen LogP) is 3.03. The first-order chi connectivity index (χ1) is 16.8. The molecule has 4 rings (SSSR count). The van der Waals surface area contributed by atoms with Gasteiger partial charge in [0.05, 0.1) is 30.3 Å². The van der Waals surface area contributed by atoms with E-state index >= 15 is 0 Å². The minimum atomic E-state index is -0.549. The minimum Gasteiger partial charge on any atom is -0.394 e. The lowest BCUT2D eigenvalue weighted by molar-refractivity contribution is -0.134. The van der Waals surface area contributed by atoms with Crippen LogP contribution in [-0.4, -0.2) is 66.7 Å². The van der Waals surface area contributed by atoms with Crippen LogP contribution in [0.4, 0.5) is 11.4 Å². The maximum atomic E-state index is 12.9. The van der Waals surface area contributed by atoms with Crippen molar-refractivity contribution in [3.63, 3.8) is 0 Å². The van der Waals surface area contributed by atoms with Gasteiger partial charge in [-0.25, -0.2) is 0 Å². The molecule has 0 aromatic heterocycles. The van der Waals surface area contributed by atoms with E-state index in [0.717, 1.165) is 30.6 Å². The lowest BCUT2D eigenvalue weighted by Crippen LogP contribution is -2.58. The number of benzene rings is 2. The number of nitrogens with zero attached hydrogens (tertiary/aromatic N) is 2. The lowest BCUT2D eigenvalue weighted by atomic mass is 10.0. The van der Waals surface area contributed by atoms with Crippen molar-refractivity contribution in [2.75, 3.05) is 43.0 Å². The zero-order valence-corrected chi connectivity index (χ0v) is 21.1. The van der Waals surface area contributed by atoms with Gasteiger partial charge >= 0.3 is 0 Å². The number of aliphatic hydroxyl groups excluding tert-OH is 1. The summed E-state index contributed by atoms with van der Waals surface area (Å²) in [4.78, 5) is 28.9. The largest absolute Gasteiger partial charge is 0.394 e. The molecule has 8 nitrogen and oxygen atoms in total. The van der Waals surface area contributed by atoms with Gasteiger partial charge in [-0.2, -0.15) is 0 Å². The van der Waals surface area contributed by atoms with Gasteiger partial charge in [0.2, 0.25) is 5.91 Å². The van der Waals surface area contributed by atoms with E-state index in [2.05, 4.69) is 15.5 Å². The number of halogens is 2. The Morgan fingerprint density at radius 3 is 2.69 bits per heavy atom. The SMILES string of the molecule is CC(Nc1cc(N2CCN(C(=O)C3CCCN3)C[C@@H]2CO)ccc1C(N)=O)c1ccc(Cl)cc1Cl. The number of primary amides is 1. The van der Waals surface area contributed by atoms with Gasteiger partial charge in [-0.3, -0.25) is 9.59 Å². The number of anilines is 2. The summed E-state index contributed by atoms with van der Waals surface area (Å²) < 4.78 is 0. The third kappa shape index (κ3) is 5.67. The number of piperazine rings is 1. The lowest BCUT2D eigenvalue weighted by Gasteiger charge is -2.43. The van der Waals surface area contributed by atoms with Crippen molar-refractivity contribution in [1.82, 2.24) is 10.2 Å². The second kappa shape index (κ2) is 11.0. The van der Waals surface area contributed by atoms with Crippen LogP contribution in [0.2, 0.25) is 10.0 Å². The first kappa shape index (κ1) is 25.6. The molecule has 2 heterocycles. The summed E-state index contributed by atoms with van der Waals surface area (Å²) in [5.74, 6) is -0.452. The highest BCUT2D eigenvalue weighted by molar-refractivity contribution is 6.35. The molecule has 2 unspecified atom stereocenters. The Labute approximate surface area is 215 Å². The second-order valence-electron chi connectivity index (χ2n) is 9.09. The molecule has 2 aromatic rings. The highest BCUT2D eigenvalue weighted by Crippen LogP contribution is 2.32. The normalized spacial score (nSPS) is 21.1. The summed E-state index contributed by atoms with van der Waals surface area (Å²) in [6.45, 7) is 4.26. The summed E-state index contributed by atoms with van der Waals surface area (Å²) in [6, 6.07) is 10.0. The molecule has 0 spiro atoms. The predicted molar refractivity (Wildman–Crippen MR) is 139 cm³/mol. The molecule has 2 aliphatic rings. The fourth-order valence-electron chi connectivity index (χ4n) is 4.88. The van der Waals surface area contributed by atoms with Crippen molar-refractivity contribution in [2.24, 2.45) is 5.73 Å². The smallest absolute Gasteiger partial charge is 0.250 e. The summed E-state index contributed by atoms with van der Waals surface area (Å²) in [7, 11) is 0. The van der Waals surface area contributed by atoms with Crippen molar-refractivity contribution in [3.8, 4) is 0 Å². The Hall–Kier alpha value is -2.52. The van der Waals surface area contributed by atoms with Crippen molar-refractivity contribution < 1.29 is 14.7 Å². The molecule has 0 aliphatic carbocycles. The van der Waals surface area contributed by atoms with E-state index < -0.39 is 5.91 Å². The average Bonchev–Trinajstić information content (AvgIpc) is 3.38. The number of carbonyl (C=O) groups excluding carboxylic acids is 2. The van der Waals surface area contributed by atoms with Gasteiger partial charge in [-0.05, 0) is 62.2 Å². The summed E-state index contributed by atoms with van der Waals surface area (Å²) in [5, 5.41) is 17.8. The number of nitrogens with one attached hydrogen (secondary N) is 2. The van der Waals surface area contributed by atoms with Crippen LogP contribution in [0.15, 0.2) is 36.4 Å². The topological polar surface area (TPSA) is 111 Å². The number of amides is 2. The molecule has 2 fully saturated rings. The zero-order chi connectivity index (χ0) is 25.1. The van der Waals surface area contributed by atoms with Gasteiger partial charge in [0.15, 0.2) is 0 Å². The third-order valence-corrected chi connectivity index (χ3v) is 7.33. The highest BCUT2D eigenvalue weighted by atomic mass is 35.5. The van der Waals surface area contributed by atoms with Crippen LogP contribution in [0.25, 0.3) is 0 Å². The van der Waals surface area contributed by atoms with E-state index in [9.17, 15) is 14.7 Å². The van der Waals surface area contributed by atoms with Crippen LogP contribution in [0.3, 0.4) is 0 Å². The maximum absolute atomic E-state index is 12.9. The Morgan fingerprint density at radius 2 is 2.03 bits per heavy atom. The van der Waals surface area contributed by atoms with Gasteiger partial charge in [0, 0.05) is 41.1 Å². The molecular weight excluding hydrogens is 489 g/mol.